The number of hydrogen-bond donors (Lipinski definition) is 1. The van der Waals surface area contributed by atoms with Gasteiger partial charge < -0.3 is 9.88 Å². The van der Waals surface area contributed by atoms with E-state index in [0.29, 0.717) is 5.92 Å². The van der Waals surface area contributed by atoms with Gasteiger partial charge in [0.25, 0.3) is 0 Å². The van der Waals surface area contributed by atoms with E-state index in [4.69, 9.17) is 4.98 Å². The molecule has 1 saturated heterocycles. The minimum atomic E-state index is 0.507. The molecule has 4 heterocycles. The molecular weight excluding hydrogens is 354 g/mol. The lowest BCUT2D eigenvalue weighted by Gasteiger charge is -2.32. The lowest BCUT2D eigenvalue weighted by molar-refractivity contribution is 0.487. The highest BCUT2D eigenvalue weighted by molar-refractivity contribution is 7.17. The van der Waals surface area contributed by atoms with Gasteiger partial charge in [-0.2, -0.15) is 0 Å². The molecule has 5 rings (SSSR count). The lowest BCUT2D eigenvalue weighted by Crippen LogP contribution is -2.34. The maximum Gasteiger partial charge on any atom is 0.141 e. The van der Waals surface area contributed by atoms with E-state index in [1.165, 1.54) is 22.1 Å². The molecule has 1 N–H and O–H groups in total. The van der Waals surface area contributed by atoms with Crippen LogP contribution in [0.5, 0.6) is 0 Å². The summed E-state index contributed by atoms with van der Waals surface area (Å²) in [6, 6.07) is 8.71. The topological polar surface area (TPSA) is 57.7 Å². The van der Waals surface area contributed by atoms with Crippen molar-refractivity contribution in [2.75, 3.05) is 18.0 Å². The third-order valence-electron chi connectivity index (χ3n) is 5.41. The Hall–Kier alpha value is -2.73. The number of nitrogens with one attached hydrogen (secondary N) is 1. The van der Waals surface area contributed by atoms with Crippen molar-refractivity contribution in [2.45, 2.75) is 25.7 Å². The second kappa shape index (κ2) is 6.78. The second-order valence-electron chi connectivity index (χ2n) is 7.13. The van der Waals surface area contributed by atoms with Crippen LogP contribution in [0.1, 0.15) is 30.1 Å². The van der Waals surface area contributed by atoms with Gasteiger partial charge in [0, 0.05) is 42.3 Å². The Kier molecular flexibility index (Phi) is 4.13. The molecule has 0 spiro atoms. The average Bonchev–Trinajstić information content (AvgIpc) is 3.39. The SMILES string of the molecule is Cc1ccc(-c2csc3ncnc(N4CCC(c5ncc[nH]5)CC4)c23)cc1. The first kappa shape index (κ1) is 16.4. The van der Waals surface area contributed by atoms with Crippen molar-refractivity contribution in [1.82, 2.24) is 19.9 Å². The molecule has 0 saturated carbocycles. The highest BCUT2D eigenvalue weighted by Gasteiger charge is 2.25. The van der Waals surface area contributed by atoms with E-state index >= 15 is 0 Å². The zero-order chi connectivity index (χ0) is 18.2. The molecule has 0 bridgehead atoms. The molecule has 5 nitrogen and oxygen atoms in total. The molecule has 0 amide bonds. The van der Waals surface area contributed by atoms with Gasteiger partial charge in [-0.3, -0.25) is 0 Å². The van der Waals surface area contributed by atoms with Crippen LogP contribution < -0.4 is 4.90 Å². The quantitative estimate of drug-likeness (QED) is 0.560. The standard InChI is InChI=1S/C21H21N5S/c1-14-2-4-15(5-3-14)17-12-27-21-18(17)20(24-13-25-21)26-10-6-16(7-11-26)19-22-8-9-23-19/h2-5,8-9,12-13,16H,6-7,10-11H2,1H3,(H,22,23). The summed E-state index contributed by atoms with van der Waals surface area (Å²) in [7, 11) is 0. The summed E-state index contributed by atoms with van der Waals surface area (Å²) in [6.07, 6.45) is 7.63. The largest absolute Gasteiger partial charge is 0.356 e. The fourth-order valence-corrected chi connectivity index (χ4v) is 4.82. The van der Waals surface area contributed by atoms with Crippen molar-refractivity contribution < 1.29 is 0 Å². The van der Waals surface area contributed by atoms with Gasteiger partial charge in [0.15, 0.2) is 0 Å². The van der Waals surface area contributed by atoms with E-state index in [0.717, 1.165) is 42.4 Å². The van der Waals surface area contributed by atoms with E-state index in [9.17, 15) is 0 Å². The van der Waals surface area contributed by atoms with Crippen LogP contribution in [-0.2, 0) is 0 Å². The number of fused-ring (bicyclic) bond motifs is 1. The summed E-state index contributed by atoms with van der Waals surface area (Å²) in [5, 5.41) is 3.39. The summed E-state index contributed by atoms with van der Waals surface area (Å²) in [5.74, 6) is 2.68. The summed E-state index contributed by atoms with van der Waals surface area (Å²) in [6.45, 7) is 4.09. The molecule has 1 aliphatic heterocycles. The van der Waals surface area contributed by atoms with Crippen molar-refractivity contribution in [3.63, 3.8) is 0 Å². The minimum Gasteiger partial charge on any atom is -0.356 e. The van der Waals surface area contributed by atoms with Gasteiger partial charge in [-0.1, -0.05) is 29.8 Å². The predicted molar refractivity (Wildman–Crippen MR) is 110 cm³/mol. The number of anilines is 1. The number of benzene rings is 1. The minimum absolute atomic E-state index is 0.507. The van der Waals surface area contributed by atoms with Crippen molar-refractivity contribution in [2.24, 2.45) is 0 Å². The first-order chi connectivity index (χ1) is 13.3. The van der Waals surface area contributed by atoms with Crippen LogP contribution >= 0.6 is 11.3 Å². The molecule has 6 heteroatoms. The average molecular weight is 376 g/mol. The van der Waals surface area contributed by atoms with Gasteiger partial charge >= 0.3 is 0 Å². The van der Waals surface area contributed by atoms with Crippen LogP contribution in [0.4, 0.5) is 5.82 Å². The monoisotopic (exact) mass is 375 g/mol. The zero-order valence-corrected chi connectivity index (χ0v) is 16.0. The highest BCUT2D eigenvalue weighted by Crippen LogP contribution is 2.39. The van der Waals surface area contributed by atoms with Gasteiger partial charge in [-0.15, -0.1) is 11.3 Å². The number of nitrogens with zero attached hydrogens (tertiary/aromatic N) is 4. The number of piperidine rings is 1. The normalized spacial score (nSPS) is 15.5. The molecule has 0 radical (unpaired) electrons. The van der Waals surface area contributed by atoms with Gasteiger partial charge in [-0.05, 0) is 25.3 Å². The molecule has 3 aromatic heterocycles. The number of imidazole rings is 1. The van der Waals surface area contributed by atoms with Crippen LogP contribution in [0.2, 0.25) is 0 Å². The van der Waals surface area contributed by atoms with Crippen molar-refractivity contribution in [1.29, 1.82) is 0 Å². The Labute approximate surface area is 162 Å². The lowest BCUT2D eigenvalue weighted by atomic mass is 9.95. The first-order valence-corrected chi connectivity index (χ1v) is 10.2. The van der Waals surface area contributed by atoms with Gasteiger partial charge in [0.1, 0.15) is 22.8 Å². The molecule has 1 aromatic carbocycles. The number of H-pyrrole nitrogens is 1. The second-order valence-corrected chi connectivity index (χ2v) is 7.99. The Bertz CT molecular complexity index is 1040. The number of rotatable bonds is 3. The molecule has 0 atom stereocenters. The summed E-state index contributed by atoms with van der Waals surface area (Å²) in [4.78, 5) is 20.4. The Balaban J connectivity index is 1.49. The Morgan fingerprint density at radius 2 is 1.89 bits per heavy atom. The van der Waals surface area contributed by atoms with Crippen LogP contribution in [0.25, 0.3) is 21.3 Å². The van der Waals surface area contributed by atoms with Gasteiger partial charge in [0.2, 0.25) is 0 Å². The molecule has 4 aromatic rings. The van der Waals surface area contributed by atoms with Crippen LogP contribution in [0.3, 0.4) is 0 Å². The van der Waals surface area contributed by atoms with Crippen LogP contribution in [0, 0.1) is 6.92 Å². The van der Waals surface area contributed by atoms with E-state index < -0.39 is 0 Å². The van der Waals surface area contributed by atoms with Gasteiger partial charge in [0.05, 0.1) is 5.39 Å². The Morgan fingerprint density at radius 1 is 1.07 bits per heavy atom. The third kappa shape index (κ3) is 3.00. The molecule has 27 heavy (non-hydrogen) atoms. The Morgan fingerprint density at radius 3 is 2.63 bits per heavy atom. The first-order valence-electron chi connectivity index (χ1n) is 9.33. The zero-order valence-electron chi connectivity index (χ0n) is 15.2. The summed E-state index contributed by atoms with van der Waals surface area (Å²) < 4.78 is 0. The number of aromatic amines is 1. The number of aromatic nitrogens is 4. The highest BCUT2D eigenvalue weighted by atomic mass is 32.1. The maximum absolute atomic E-state index is 4.69. The van der Waals surface area contributed by atoms with E-state index in [-0.39, 0.29) is 0 Å². The number of thiophene rings is 1. The fraction of sp³-hybridized carbons (Fsp3) is 0.286. The van der Waals surface area contributed by atoms with Crippen LogP contribution in [-0.4, -0.2) is 33.0 Å². The fourth-order valence-electron chi connectivity index (χ4n) is 3.91. The molecular formula is C21H21N5S. The maximum atomic E-state index is 4.69. The van der Waals surface area contributed by atoms with Crippen molar-refractivity contribution in [3.8, 4) is 11.1 Å². The van der Waals surface area contributed by atoms with Gasteiger partial charge in [-0.25, -0.2) is 15.0 Å². The van der Waals surface area contributed by atoms with Crippen LogP contribution in [0.15, 0.2) is 48.4 Å². The molecule has 1 aliphatic rings. The summed E-state index contributed by atoms with van der Waals surface area (Å²) in [5.41, 5.74) is 3.74. The summed E-state index contributed by atoms with van der Waals surface area (Å²) >= 11 is 1.70. The smallest absolute Gasteiger partial charge is 0.141 e. The molecule has 0 aliphatic carbocycles. The molecule has 1 fully saturated rings. The molecule has 136 valence electrons. The predicted octanol–water partition coefficient (Wildman–Crippen LogP) is 4.77. The third-order valence-corrected chi connectivity index (χ3v) is 6.30. The van der Waals surface area contributed by atoms with E-state index in [1.807, 2.05) is 12.4 Å². The van der Waals surface area contributed by atoms with E-state index in [1.54, 1.807) is 17.7 Å². The number of hydrogen-bond acceptors (Lipinski definition) is 5. The van der Waals surface area contributed by atoms with Crippen molar-refractivity contribution >= 4 is 27.4 Å². The molecule has 0 unspecified atom stereocenters. The van der Waals surface area contributed by atoms with E-state index in [2.05, 4.69) is 56.4 Å². The number of aryl methyl sites for hydroxylation is 1. The van der Waals surface area contributed by atoms with Crippen molar-refractivity contribution in [3.05, 3.63) is 59.8 Å².